The number of carbonyl (C=O) groups is 1. The standard InChI is InChI=1S/C20H21Cl2N3O/c1-20(2,3)19(26)23-11-18-24-16-9-4-5-10-17(16)25(18)12-13-14(21)7-6-8-15(13)22/h4-10H,11-12H2,1-3H3,(H,23,26). The minimum Gasteiger partial charge on any atom is -0.348 e. The molecule has 0 saturated heterocycles. The summed E-state index contributed by atoms with van der Waals surface area (Å²) in [4.78, 5) is 16.9. The zero-order valence-electron chi connectivity index (χ0n) is 15.0. The van der Waals surface area contributed by atoms with Crippen LogP contribution in [0, 0.1) is 5.41 Å². The number of nitrogens with one attached hydrogen (secondary N) is 1. The Morgan fingerprint density at radius 2 is 1.73 bits per heavy atom. The Labute approximate surface area is 163 Å². The Kier molecular flexibility index (Phi) is 5.26. The molecule has 0 fully saturated rings. The molecule has 6 heteroatoms. The van der Waals surface area contributed by atoms with Crippen LogP contribution in [-0.2, 0) is 17.9 Å². The van der Waals surface area contributed by atoms with E-state index >= 15 is 0 Å². The number of nitrogens with zero attached hydrogens (tertiary/aromatic N) is 2. The lowest BCUT2D eigenvalue weighted by Crippen LogP contribution is -2.35. The fourth-order valence-electron chi connectivity index (χ4n) is 2.70. The third-order valence-corrected chi connectivity index (χ3v) is 4.91. The van der Waals surface area contributed by atoms with Gasteiger partial charge in [-0.15, -0.1) is 0 Å². The number of imidazole rings is 1. The molecule has 1 heterocycles. The van der Waals surface area contributed by atoms with Gasteiger partial charge in [0.25, 0.3) is 0 Å². The number of aromatic nitrogens is 2. The van der Waals surface area contributed by atoms with Gasteiger partial charge in [-0.05, 0) is 24.3 Å². The molecular formula is C20H21Cl2N3O. The number of para-hydroxylation sites is 2. The maximum absolute atomic E-state index is 12.2. The van der Waals surface area contributed by atoms with Gasteiger partial charge >= 0.3 is 0 Å². The fourth-order valence-corrected chi connectivity index (χ4v) is 3.22. The predicted octanol–water partition coefficient (Wildman–Crippen LogP) is 5.05. The third kappa shape index (κ3) is 3.87. The van der Waals surface area contributed by atoms with Crippen LogP contribution in [0.1, 0.15) is 32.2 Å². The van der Waals surface area contributed by atoms with E-state index in [1.807, 2.05) is 67.8 Å². The average molecular weight is 390 g/mol. The van der Waals surface area contributed by atoms with Crippen LogP contribution in [0.5, 0.6) is 0 Å². The predicted molar refractivity (Wildman–Crippen MR) is 107 cm³/mol. The maximum Gasteiger partial charge on any atom is 0.225 e. The van der Waals surface area contributed by atoms with Crippen molar-refractivity contribution in [2.75, 3.05) is 0 Å². The van der Waals surface area contributed by atoms with Gasteiger partial charge in [0.05, 0.1) is 24.1 Å². The molecule has 1 aromatic heterocycles. The SMILES string of the molecule is CC(C)(C)C(=O)NCc1nc2ccccc2n1Cc1c(Cl)cccc1Cl. The van der Waals surface area contributed by atoms with Gasteiger partial charge in [-0.2, -0.15) is 0 Å². The second-order valence-corrected chi connectivity index (χ2v) is 8.05. The molecule has 0 aliphatic carbocycles. The van der Waals surface area contributed by atoms with Crippen LogP contribution < -0.4 is 5.32 Å². The molecule has 0 bridgehead atoms. The summed E-state index contributed by atoms with van der Waals surface area (Å²) in [5.74, 6) is 0.742. The van der Waals surface area contributed by atoms with Crippen molar-refractivity contribution in [3.8, 4) is 0 Å². The van der Waals surface area contributed by atoms with Crippen LogP contribution in [0.25, 0.3) is 11.0 Å². The highest BCUT2D eigenvalue weighted by atomic mass is 35.5. The van der Waals surface area contributed by atoms with Crippen molar-refractivity contribution in [1.82, 2.24) is 14.9 Å². The molecule has 1 N–H and O–H groups in total. The molecule has 1 amide bonds. The first kappa shape index (κ1) is 18.7. The van der Waals surface area contributed by atoms with Gasteiger partial charge in [-0.25, -0.2) is 4.98 Å². The minimum absolute atomic E-state index is 0.0214. The van der Waals surface area contributed by atoms with Crippen LogP contribution >= 0.6 is 23.2 Å². The monoisotopic (exact) mass is 389 g/mol. The minimum atomic E-state index is -0.455. The first-order chi connectivity index (χ1) is 12.3. The van der Waals surface area contributed by atoms with Crippen molar-refractivity contribution >= 4 is 40.1 Å². The molecule has 3 rings (SSSR count). The number of amides is 1. The summed E-state index contributed by atoms with van der Waals surface area (Å²) in [5, 5.41) is 4.19. The van der Waals surface area contributed by atoms with E-state index in [2.05, 4.69) is 10.3 Å². The Bertz CT molecular complexity index is 937. The van der Waals surface area contributed by atoms with E-state index < -0.39 is 5.41 Å². The summed E-state index contributed by atoms with van der Waals surface area (Å²) in [7, 11) is 0. The van der Waals surface area contributed by atoms with Gasteiger partial charge in [0.1, 0.15) is 5.82 Å². The molecule has 0 spiro atoms. The molecular weight excluding hydrogens is 369 g/mol. The molecule has 0 atom stereocenters. The molecule has 2 aromatic carbocycles. The van der Waals surface area contributed by atoms with Crippen LogP contribution in [0.3, 0.4) is 0 Å². The molecule has 26 heavy (non-hydrogen) atoms. The summed E-state index contributed by atoms with van der Waals surface area (Å²) in [6, 6.07) is 13.3. The average Bonchev–Trinajstić information content (AvgIpc) is 2.93. The second kappa shape index (κ2) is 7.29. The number of fused-ring (bicyclic) bond motifs is 1. The fraction of sp³-hybridized carbons (Fsp3) is 0.300. The first-order valence-corrected chi connectivity index (χ1v) is 9.18. The lowest BCUT2D eigenvalue weighted by molar-refractivity contribution is -0.128. The summed E-state index contributed by atoms with van der Waals surface area (Å²) >= 11 is 12.7. The molecule has 0 aliphatic rings. The molecule has 0 saturated carbocycles. The van der Waals surface area contributed by atoms with Gasteiger partial charge < -0.3 is 9.88 Å². The van der Waals surface area contributed by atoms with Crippen LogP contribution in [0.2, 0.25) is 10.0 Å². The van der Waals surface area contributed by atoms with Crippen LogP contribution in [-0.4, -0.2) is 15.5 Å². The van der Waals surface area contributed by atoms with Crippen molar-refractivity contribution in [2.24, 2.45) is 5.41 Å². The topological polar surface area (TPSA) is 46.9 Å². The van der Waals surface area contributed by atoms with Crippen LogP contribution in [0.4, 0.5) is 0 Å². The number of hydrogen-bond donors (Lipinski definition) is 1. The Hall–Kier alpha value is -2.04. The van der Waals surface area contributed by atoms with E-state index in [1.165, 1.54) is 0 Å². The van der Waals surface area contributed by atoms with Gasteiger partial charge in [-0.1, -0.05) is 62.2 Å². The summed E-state index contributed by atoms with van der Waals surface area (Å²) < 4.78 is 2.05. The lowest BCUT2D eigenvalue weighted by Gasteiger charge is -2.18. The highest BCUT2D eigenvalue weighted by Gasteiger charge is 2.22. The van der Waals surface area contributed by atoms with Crippen molar-refractivity contribution in [3.63, 3.8) is 0 Å². The number of halogens is 2. The third-order valence-electron chi connectivity index (χ3n) is 4.20. The lowest BCUT2D eigenvalue weighted by atomic mass is 9.96. The molecule has 0 unspecified atom stereocenters. The quantitative estimate of drug-likeness (QED) is 0.677. The molecule has 136 valence electrons. The largest absolute Gasteiger partial charge is 0.348 e. The van der Waals surface area contributed by atoms with Gasteiger partial charge in [0.15, 0.2) is 0 Å². The van der Waals surface area contributed by atoms with Gasteiger partial charge in [0.2, 0.25) is 5.91 Å². The highest BCUT2D eigenvalue weighted by molar-refractivity contribution is 6.36. The summed E-state index contributed by atoms with van der Waals surface area (Å²) in [6.45, 7) is 6.48. The molecule has 0 aliphatic heterocycles. The smallest absolute Gasteiger partial charge is 0.225 e. The van der Waals surface area contributed by atoms with Crippen molar-refractivity contribution in [3.05, 3.63) is 63.9 Å². The van der Waals surface area contributed by atoms with E-state index in [9.17, 15) is 4.79 Å². The molecule has 4 nitrogen and oxygen atoms in total. The van der Waals surface area contributed by atoms with Crippen LogP contribution in [0.15, 0.2) is 42.5 Å². The highest BCUT2D eigenvalue weighted by Crippen LogP contribution is 2.27. The van der Waals surface area contributed by atoms with Crippen molar-refractivity contribution in [2.45, 2.75) is 33.9 Å². The summed E-state index contributed by atoms with van der Waals surface area (Å²) in [5.41, 5.74) is 2.23. The molecule has 3 aromatic rings. The van der Waals surface area contributed by atoms with Gasteiger partial charge in [-0.3, -0.25) is 4.79 Å². The number of carbonyl (C=O) groups excluding carboxylic acids is 1. The Balaban J connectivity index is 1.99. The van der Waals surface area contributed by atoms with Crippen molar-refractivity contribution < 1.29 is 4.79 Å². The number of rotatable bonds is 4. The first-order valence-electron chi connectivity index (χ1n) is 8.42. The Morgan fingerprint density at radius 1 is 1.08 bits per heavy atom. The summed E-state index contributed by atoms with van der Waals surface area (Å²) in [6.07, 6.45) is 0. The van der Waals surface area contributed by atoms with E-state index in [0.29, 0.717) is 23.1 Å². The normalized spacial score (nSPS) is 11.7. The van der Waals surface area contributed by atoms with E-state index in [-0.39, 0.29) is 5.91 Å². The maximum atomic E-state index is 12.2. The van der Waals surface area contributed by atoms with E-state index in [4.69, 9.17) is 23.2 Å². The van der Waals surface area contributed by atoms with Crippen molar-refractivity contribution in [1.29, 1.82) is 0 Å². The molecule has 0 radical (unpaired) electrons. The number of benzene rings is 2. The number of hydrogen-bond acceptors (Lipinski definition) is 2. The Morgan fingerprint density at radius 3 is 2.38 bits per heavy atom. The van der Waals surface area contributed by atoms with E-state index in [1.54, 1.807) is 0 Å². The zero-order chi connectivity index (χ0) is 18.9. The van der Waals surface area contributed by atoms with Gasteiger partial charge in [0, 0.05) is 21.0 Å². The zero-order valence-corrected chi connectivity index (χ0v) is 16.5. The second-order valence-electron chi connectivity index (χ2n) is 7.24. The van der Waals surface area contributed by atoms with E-state index in [0.717, 1.165) is 22.4 Å².